The number of pyridine rings is 2. The molecule has 0 aliphatic heterocycles. The number of fused-ring (bicyclic) bond motifs is 3. The molecule has 1 aliphatic carbocycles. The average Bonchev–Trinajstić information content (AvgIpc) is 2.89. The maximum absolute atomic E-state index is 4.52. The molecule has 1 aliphatic rings. The Morgan fingerprint density at radius 2 is 1.71 bits per heavy atom. The van der Waals surface area contributed by atoms with Crippen molar-refractivity contribution < 1.29 is 4.57 Å². The van der Waals surface area contributed by atoms with E-state index in [0.29, 0.717) is 0 Å². The smallest absolute Gasteiger partial charge is 0.212 e. The van der Waals surface area contributed by atoms with E-state index in [1.54, 1.807) is 0 Å². The lowest BCUT2D eigenvalue weighted by Gasteiger charge is -2.07. The molecule has 0 radical (unpaired) electrons. The minimum atomic E-state index is 0.918. The van der Waals surface area contributed by atoms with Gasteiger partial charge < -0.3 is 0 Å². The van der Waals surface area contributed by atoms with Crippen molar-refractivity contribution in [3.63, 3.8) is 0 Å². The van der Waals surface area contributed by atoms with E-state index in [1.165, 1.54) is 39.3 Å². The lowest BCUT2D eigenvalue weighted by Crippen LogP contribution is -2.36. The lowest BCUT2D eigenvalue weighted by molar-refractivity contribution is -0.667. The maximum Gasteiger partial charge on any atom is 0.212 e. The van der Waals surface area contributed by atoms with E-state index >= 15 is 0 Å². The summed E-state index contributed by atoms with van der Waals surface area (Å²) in [6.07, 6.45) is 2.80. The van der Waals surface area contributed by atoms with E-state index in [9.17, 15) is 0 Å². The van der Waals surface area contributed by atoms with E-state index < -0.39 is 0 Å². The van der Waals surface area contributed by atoms with Gasteiger partial charge in [0.15, 0.2) is 5.69 Å². The van der Waals surface area contributed by atoms with Gasteiger partial charge in [-0.1, -0.05) is 24.3 Å². The number of aromatic nitrogens is 2. The summed E-state index contributed by atoms with van der Waals surface area (Å²) in [7, 11) is 2.16. The van der Waals surface area contributed by atoms with Gasteiger partial charge in [-0.2, -0.15) is 4.57 Å². The fourth-order valence-corrected chi connectivity index (χ4v) is 3.27. The predicted octanol–water partition coefficient (Wildman–Crippen LogP) is 3.45. The van der Waals surface area contributed by atoms with Crippen molar-refractivity contribution in [1.29, 1.82) is 0 Å². The van der Waals surface area contributed by atoms with Crippen LogP contribution in [-0.2, 0) is 13.5 Å². The summed E-state index contributed by atoms with van der Waals surface area (Å²) in [4.78, 5) is 4.52. The van der Waals surface area contributed by atoms with Crippen molar-refractivity contribution in [2.75, 3.05) is 0 Å². The summed E-state index contributed by atoms with van der Waals surface area (Å²) in [6.45, 7) is 2.17. The summed E-state index contributed by atoms with van der Waals surface area (Å²) in [5, 5.41) is 0. The summed E-state index contributed by atoms with van der Waals surface area (Å²) < 4.78 is 2.32. The Morgan fingerprint density at radius 3 is 2.57 bits per heavy atom. The molecule has 2 nitrogen and oxygen atoms in total. The van der Waals surface area contributed by atoms with Crippen LogP contribution >= 0.6 is 0 Å². The van der Waals surface area contributed by atoms with Gasteiger partial charge in [-0.3, -0.25) is 4.98 Å². The first-order valence-corrected chi connectivity index (χ1v) is 7.28. The van der Waals surface area contributed by atoms with Gasteiger partial charge >= 0.3 is 0 Å². The molecular formula is C19H17N2+. The first-order valence-electron chi connectivity index (χ1n) is 7.28. The standard InChI is InChI=1S/C19H17N2/c1-13-6-3-4-7-14(13)18-10-9-16-15-8-5-11-20-17(15)12-19(16)21(18)2/h3-11H,12H2,1-2H3/q+1. The fraction of sp³-hybridized carbons (Fsp3) is 0.158. The molecule has 4 rings (SSSR count). The fourth-order valence-electron chi connectivity index (χ4n) is 3.27. The molecule has 2 aromatic heterocycles. The Morgan fingerprint density at radius 1 is 0.905 bits per heavy atom. The number of hydrogen-bond donors (Lipinski definition) is 0. The van der Waals surface area contributed by atoms with Gasteiger partial charge in [-0.05, 0) is 30.7 Å². The van der Waals surface area contributed by atoms with E-state index in [1.807, 2.05) is 12.3 Å². The molecule has 0 atom stereocenters. The molecule has 1 aromatic carbocycles. The SMILES string of the molecule is Cc1ccccc1-c1ccc2c([n+]1C)Cc1ncccc1-2. The first kappa shape index (κ1) is 12.3. The van der Waals surface area contributed by atoms with Crippen LogP contribution in [0, 0.1) is 6.92 Å². The van der Waals surface area contributed by atoms with Crippen molar-refractivity contribution in [3.05, 3.63) is 71.7 Å². The van der Waals surface area contributed by atoms with Gasteiger partial charge in [0.2, 0.25) is 5.69 Å². The minimum Gasteiger partial charge on any atom is -0.260 e. The number of aryl methyl sites for hydroxylation is 1. The van der Waals surface area contributed by atoms with Crippen LogP contribution in [-0.4, -0.2) is 4.98 Å². The van der Waals surface area contributed by atoms with Crippen molar-refractivity contribution in [2.24, 2.45) is 7.05 Å². The Balaban J connectivity index is 1.93. The molecule has 0 saturated carbocycles. The Bertz CT molecular complexity index is 850. The molecule has 0 saturated heterocycles. The highest BCUT2D eigenvalue weighted by Crippen LogP contribution is 2.34. The molecule has 2 heteroatoms. The zero-order chi connectivity index (χ0) is 14.4. The Hall–Kier alpha value is -2.48. The molecule has 0 unspecified atom stereocenters. The van der Waals surface area contributed by atoms with Gasteiger partial charge in [0, 0.05) is 23.4 Å². The lowest BCUT2D eigenvalue weighted by atomic mass is 10.0. The molecule has 21 heavy (non-hydrogen) atoms. The van der Waals surface area contributed by atoms with E-state index in [0.717, 1.165) is 6.42 Å². The van der Waals surface area contributed by atoms with Crippen LogP contribution < -0.4 is 4.57 Å². The molecule has 0 N–H and O–H groups in total. The van der Waals surface area contributed by atoms with Crippen LogP contribution in [0.3, 0.4) is 0 Å². The third kappa shape index (κ3) is 1.79. The van der Waals surface area contributed by atoms with Crippen molar-refractivity contribution >= 4 is 0 Å². The van der Waals surface area contributed by atoms with Crippen LogP contribution in [0.5, 0.6) is 0 Å². The van der Waals surface area contributed by atoms with Crippen LogP contribution in [0.15, 0.2) is 54.7 Å². The van der Waals surface area contributed by atoms with Crippen LogP contribution in [0.4, 0.5) is 0 Å². The highest BCUT2D eigenvalue weighted by Gasteiger charge is 2.28. The summed E-state index contributed by atoms with van der Waals surface area (Å²) in [6, 6.07) is 17.2. The third-order valence-electron chi connectivity index (χ3n) is 4.42. The minimum absolute atomic E-state index is 0.918. The Labute approximate surface area is 124 Å². The summed E-state index contributed by atoms with van der Waals surface area (Å²) in [5.74, 6) is 0. The second-order valence-electron chi connectivity index (χ2n) is 5.63. The normalized spacial score (nSPS) is 12.1. The second-order valence-corrected chi connectivity index (χ2v) is 5.63. The van der Waals surface area contributed by atoms with Crippen molar-refractivity contribution in [3.8, 4) is 22.4 Å². The number of nitrogens with zero attached hydrogens (tertiary/aromatic N) is 2. The molecule has 2 heterocycles. The molecule has 3 aromatic rings. The number of hydrogen-bond acceptors (Lipinski definition) is 1. The molecule has 0 fully saturated rings. The number of rotatable bonds is 1. The first-order chi connectivity index (χ1) is 10.3. The van der Waals surface area contributed by atoms with E-state index in [2.05, 4.69) is 66.0 Å². The van der Waals surface area contributed by atoms with E-state index in [-0.39, 0.29) is 0 Å². The van der Waals surface area contributed by atoms with Gasteiger partial charge in [0.05, 0.1) is 17.7 Å². The summed E-state index contributed by atoms with van der Waals surface area (Å²) >= 11 is 0. The second kappa shape index (κ2) is 4.52. The van der Waals surface area contributed by atoms with Crippen molar-refractivity contribution in [1.82, 2.24) is 4.98 Å². The maximum atomic E-state index is 4.52. The summed E-state index contributed by atoms with van der Waals surface area (Å²) in [5.41, 5.74) is 9.00. The molecule has 0 bridgehead atoms. The molecule has 0 spiro atoms. The molecule has 102 valence electrons. The van der Waals surface area contributed by atoms with Crippen molar-refractivity contribution in [2.45, 2.75) is 13.3 Å². The van der Waals surface area contributed by atoms with Gasteiger partial charge in [0.25, 0.3) is 0 Å². The van der Waals surface area contributed by atoms with Gasteiger partial charge in [-0.25, -0.2) is 0 Å². The quantitative estimate of drug-likeness (QED) is 0.485. The van der Waals surface area contributed by atoms with Crippen LogP contribution in [0.1, 0.15) is 17.0 Å². The molecular weight excluding hydrogens is 256 g/mol. The highest BCUT2D eigenvalue weighted by atomic mass is 15.0. The largest absolute Gasteiger partial charge is 0.260 e. The van der Waals surface area contributed by atoms with Gasteiger partial charge in [-0.15, -0.1) is 0 Å². The monoisotopic (exact) mass is 273 g/mol. The topological polar surface area (TPSA) is 16.8 Å². The number of benzene rings is 1. The van der Waals surface area contributed by atoms with Crippen LogP contribution in [0.25, 0.3) is 22.4 Å². The molecule has 0 amide bonds. The Kier molecular flexibility index (Phi) is 2.64. The van der Waals surface area contributed by atoms with E-state index in [4.69, 9.17) is 0 Å². The average molecular weight is 273 g/mol. The van der Waals surface area contributed by atoms with Crippen LogP contribution in [0.2, 0.25) is 0 Å². The predicted molar refractivity (Wildman–Crippen MR) is 83.8 cm³/mol. The highest BCUT2D eigenvalue weighted by molar-refractivity contribution is 5.74. The third-order valence-corrected chi connectivity index (χ3v) is 4.42. The zero-order valence-corrected chi connectivity index (χ0v) is 12.3. The van der Waals surface area contributed by atoms with Gasteiger partial charge in [0.1, 0.15) is 7.05 Å². The zero-order valence-electron chi connectivity index (χ0n) is 12.3.